The molecule has 1 aliphatic heterocycles. The Morgan fingerprint density at radius 1 is 1.08 bits per heavy atom. The van der Waals surface area contributed by atoms with E-state index in [9.17, 15) is 4.79 Å². The van der Waals surface area contributed by atoms with Crippen LogP contribution in [0.4, 0.5) is 5.69 Å². The molecule has 0 amide bonds. The topological polar surface area (TPSA) is 38.8 Å². The van der Waals surface area contributed by atoms with Gasteiger partial charge in [-0.15, -0.1) is 0 Å². The molecule has 0 saturated carbocycles. The van der Waals surface area contributed by atoms with Crippen LogP contribution < -0.4 is 4.90 Å². The van der Waals surface area contributed by atoms with E-state index in [1.165, 1.54) is 25.3 Å². The number of para-hydroxylation sites is 1. The second-order valence-electron chi connectivity index (χ2n) is 5.97. The van der Waals surface area contributed by atoms with Crippen molar-refractivity contribution in [2.75, 3.05) is 25.7 Å². The third kappa shape index (κ3) is 3.35. The highest BCUT2D eigenvalue weighted by Gasteiger charge is 2.31. The van der Waals surface area contributed by atoms with Gasteiger partial charge in [0.2, 0.25) is 6.29 Å². The molecule has 0 fully saturated rings. The lowest BCUT2D eigenvalue weighted by molar-refractivity contribution is -0.157. The predicted molar refractivity (Wildman–Crippen MR) is 94.1 cm³/mol. The summed E-state index contributed by atoms with van der Waals surface area (Å²) in [6.45, 7) is 0.892. The largest absolute Gasteiger partial charge is 0.364 e. The molecule has 1 atom stereocenters. The fourth-order valence-electron chi connectivity index (χ4n) is 3.45. The molecule has 0 aliphatic carbocycles. The Labute approximate surface area is 143 Å². The Hall–Kier alpha value is -2.17. The number of Topliss-reactive ketones (excluding diaryl/α,β-unsaturated/α-hetero) is 1. The zero-order valence-corrected chi connectivity index (χ0v) is 14.1. The smallest absolute Gasteiger partial charge is 0.217 e. The van der Waals surface area contributed by atoms with Gasteiger partial charge in [-0.25, -0.2) is 0 Å². The van der Waals surface area contributed by atoms with Crippen LogP contribution in [-0.2, 0) is 20.7 Å². The van der Waals surface area contributed by atoms with Crippen molar-refractivity contribution in [1.29, 1.82) is 0 Å². The van der Waals surface area contributed by atoms with E-state index in [0.29, 0.717) is 6.42 Å². The monoisotopic (exact) mass is 325 g/mol. The molecule has 0 radical (unpaired) electrons. The molecular weight excluding hydrogens is 302 g/mol. The minimum Gasteiger partial charge on any atom is -0.364 e. The Kier molecular flexibility index (Phi) is 5.28. The lowest BCUT2D eigenvalue weighted by Crippen LogP contribution is -2.38. The van der Waals surface area contributed by atoms with Gasteiger partial charge in [-0.05, 0) is 29.7 Å². The van der Waals surface area contributed by atoms with Gasteiger partial charge in [0, 0.05) is 32.9 Å². The van der Waals surface area contributed by atoms with Crippen molar-refractivity contribution >= 4 is 11.5 Å². The van der Waals surface area contributed by atoms with E-state index in [4.69, 9.17) is 9.47 Å². The van der Waals surface area contributed by atoms with Crippen LogP contribution in [0.15, 0.2) is 54.6 Å². The van der Waals surface area contributed by atoms with E-state index in [-0.39, 0.29) is 11.8 Å². The SMILES string of the molecule is COC(OC)C(=O)CC1c2ccccc2CCN1c1ccccc1. The van der Waals surface area contributed by atoms with E-state index in [0.717, 1.165) is 18.7 Å². The van der Waals surface area contributed by atoms with Gasteiger partial charge in [0.05, 0.1) is 6.04 Å². The summed E-state index contributed by atoms with van der Waals surface area (Å²) in [5.41, 5.74) is 3.66. The Morgan fingerprint density at radius 3 is 2.46 bits per heavy atom. The molecule has 0 N–H and O–H groups in total. The molecule has 4 nitrogen and oxygen atoms in total. The average molecular weight is 325 g/mol. The third-order valence-electron chi connectivity index (χ3n) is 4.59. The summed E-state index contributed by atoms with van der Waals surface area (Å²) in [6.07, 6.45) is 0.531. The number of rotatable bonds is 6. The van der Waals surface area contributed by atoms with Crippen molar-refractivity contribution in [2.24, 2.45) is 0 Å². The average Bonchev–Trinajstić information content (AvgIpc) is 2.64. The molecule has 24 heavy (non-hydrogen) atoms. The first-order chi connectivity index (χ1) is 11.7. The lowest BCUT2D eigenvalue weighted by Gasteiger charge is -2.39. The Balaban J connectivity index is 1.94. The summed E-state index contributed by atoms with van der Waals surface area (Å²) in [6, 6.07) is 18.6. The third-order valence-corrected chi connectivity index (χ3v) is 4.59. The maximum absolute atomic E-state index is 12.6. The number of nitrogens with zero attached hydrogens (tertiary/aromatic N) is 1. The van der Waals surface area contributed by atoms with Gasteiger partial charge in [0.25, 0.3) is 0 Å². The lowest BCUT2D eigenvalue weighted by atomic mass is 9.89. The minimum atomic E-state index is -0.809. The van der Waals surface area contributed by atoms with Gasteiger partial charge in [-0.3, -0.25) is 4.79 Å². The van der Waals surface area contributed by atoms with Gasteiger partial charge in [0.1, 0.15) is 0 Å². The van der Waals surface area contributed by atoms with Crippen LogP contribution in [0.3, 0.4) is 0 Å². The van der Waals surface area contributed by atoms with Crippen molar-refractivity contribution in [3.05, 3.63) is 65.7 Å². The summed E-state index contributed by atoms with van der Waals surface area (Å²) in [5.74, 6) is -0.0392. The first-order valence-electron chi connectivity index (χ1n) is 8.22. The number of carbonyl (C=O) groups is 1. The predicted octanol–water partition coefficient (Wildman–Crippen LogP) is 3.37. The summed E-state index contributed by atoms with van der Waals surface area (Å²) >= 11 is 0. The summed E-state index contributed by atoms with van der Waals surface area (Å²) in [5, 5.41) is 0. The maximum atomic E-state index is 12.6. The molecule has 126 valence electrons. The van der Waals surface area contributed by atoms with Crippen LogP contribution >= 0.6 is 0 Å². The van der Waals surface area contributed by atoms with Crippen molar-refractivity contribution < 1.29 is 14.3 Å². The number of methoxy groups -OCH3 is 2. The van der Waals surface area contributed by atoms with E-state index < -0.39 is 6.29 Å². The summed E-state index contributed by atoms with van der Waals surface area (Å²) in [7, 11) is 2.99. The molecule has 2 aromatic rings. The Morgan fingerprint density at radius 2 is 1.75 bits per heavy atom. The minimum absolute atomic E-state index is 0.00218. The molecule has 1 unspecified atom stereocenters. The van der Waals surface area contributed by atoms with Crippen LogP contribution in [0.5, 0.6) is 0 Å². The fraction of sp³-hybridized carbons (Fsp3) is 0.350. The molecule has 0 bridgehead atoms. The highest BCUT2D eigenvalue weighted by molar-refractivity contribution is 5.83. The fourth-order valence-corrected chi connectivity index (χ4v) is 3.45. The van der Waals surface area contributed by atoms with Crippen molar-refractivity contribution in [2.45, 2.75) is 25.2 Å². The van der Waals surface area contributed by atoms with Crippen LogP contribution in [-0.4, -0.2) is 32.8 Å². The molecule has 0 spiro atoms. The number of carbonyl (C=O) groups excluding carboxylic acids is 1. The van der Waals surface area contributed by atoms with E-state index >= 15 is 0 Å². The van der Waals surface area contributed by atoms with Crippen LogP contribution in [0, 0.1) is 0 Å². The second-order valence-corrected chi connectivity index (χ2v) is 5.97. The first-order valence-corrected chi connectivity index (χ1v) is 8.22. The number of hydrogen-bond acceptors (Lipinski definition) is 4. The molecule has 4 heteroatoms. The molecule has 1 aliphatic rings. The molecule has 2 aromatic carbocycles. The number of ketones is 1. The maximum Gasteiger partial charge on any atom is 0.217 e. The van der Waals surface area contributed by atoms with Crippen molar-refractivity contribution in [1.82, 2.24) is 0 Å². The first kappa shape index (κ1) is 16.7. The van der Waals surface area contributed by atoms with E-state index in [1.807, 2.05) is 24.3 Å². The molecule has 3 rings (SSSR count). The second kappa shape index (κ2) is 7.60. The van der Waals surface area contributed by atoms with Crippen LogP contribution in [0.2, 0.25) is 0 Å². The van der Waals surface area contributed by atoms with E-state index in [2.05, 4.69) is 35.2 Å². The number of anilines is 1. The molecular formula is C20H23NO3. The number of ether oxygens (including phenoxy) is 2. The van der Waals surface area contributed by atoms with Gasteiger partial charge in [-0.2, -0.15) is 0 Å². The quantitative estimate of drug-likeness (QED) is 0.763. The van der Waals surface area contributed by atoms with Crippen LogP contribution in [0.25, 0.3) is 0 Å². The van der Waals surface area contributed by atoms with Gasteiger partial charge >= 0.3 is 0 Å². The zero-order chi connectivity index (χ0) is 16.9. The number of fused-ring (bicyclic) bond motifs is 1. The standard InChI is InChI=1S/C20H23NO3/c1-23-20(24-2)19(22)14-18-17-11-7-6-8-15(17)12-13-21(18)16-9-4-3-5-10-16/h3-11,18,20H,12-14H2,1-2H3. The number of hydrogen-bond donors (Lipinski definition) is 0. The van der Waals surface area contributed by atoms with Gasteiger partial charge in [-0.1, -0.05) is 42.5 Å². The zero-order valence-electron chi connectivity index (χ0n) is 14.1. The van der Waals surface area contributed by atoms with Gasteiger partial charge < -0.3 is 14.4 Å². The van der Waals surface area contributed by atoms with Gasteiger partial charge in [0.15, 0.2) is 5.78 Å². The Bertz CT molecular complexity index is 682. The molecule has 0 saturated heterocycles. The molecule has 0 aromatic heterocycles. The van der Waals surface area contributed by atoms with Crippen LogP contribution in [0.1, 0.15) is 23.6 Å². The normalized spacial score (nSPS) is 17.0. The number of benzene rings is 2. The van der Waals surface area contributed by atoms with Crippen molar-refractivity contribution in [3.8, 4) is 0 Å². The summed E-state index contributed by atoms with van der Waals surface area (Å²) < 4.78 is 10.3. The highest BCUT2D eigenvalue weighted by Crippen LogP contribution is 2.36. The van der Waals surface area contributed by atoms with E-state index in [1.54, 1.807) is 0 Å². The summed E-state index contributed by atoms with van der Waals surface area (Å²) in [4.78, 5) is 14.9. The van der Waals surface area contributed by atoms with Crippen molar-refractivity contribution in [3.63, 3.8) is 0 Å². The molecule has 1 heterocycles. The highest BCUT2D eigenvalue weighted by atomic mass is 16.7.